The first-order chi connectivity index (χ1) is 8.94. The lowest BCUT2D eigenvalue weighted by Gasteiger charge is -2.12. The summed E-state index contributed by atoms with van der Waals surface area (Å²) in [5, 5.41) is 5.81. The monoisotopic (exact) mass is 352 g/mol. The van der Waals surface area contributed by atoms with Gasteiger partial charge < -0.3 is 10.1 Å². The van der Waals surface area contributed by atoms with Gasteiger partial charge in [-0.3, -0.25) is 0 Å². The highest BCUT2D eigenvalue weighted by Gasteiger charge is 2.31. The van der Waals surface area contributed by atoms with E-state index in [4.69, 9.17) is 0 Å². The van der Waals surface area contributed by atoms with Crippen LogP contribution in [-0.2, 0) is 6.54 Å². The average Bonchev–Trinajstić information content (AvgIpc) is 2.81. The summed E-state index contributed by atoms with van der Waals surface area (Å²) in [5.41, 5.74) is 0.677. The van der Waals surface area contributed by atoms with Crippen molar-refractivity contribution in [3.05, 3.63) is 39.3 Å². The third-order valence-corrected chi connectivity index (χ3v) is 3.48. The zero-order valence-electron chi connectivity index (χ0n) is 9.37. The molecule has 0 fully saturated rings. The molecule has 0 amide bonds. The summed E-state index contributed by atoms with van der Waals surface area (Å²) in [6.07, 6.45) is -3.00. The zero-order valence-corrected chi connectivity index (χ0v) is 11.8. The maximum Gasteiger partial charge on any atom is 0.573 e. The highest BCUT2D eigenvalue weighted by Crippen LogP contribution is 2.32. The van der Waals surface area contributed by atoms with Crippen molar-refractivity contribution in [3.8, 4) is 5.75 Å². The van der Waals surface area contributed by atoms with E-state index < -0.39 is 6.36 Å². The van der Waals surface area contributed by atoms with E-state index in [1.54, 1.807) is 6.20 Å². The number of anilines is 1. The molecule has 2 aromatic rings. The van der Waals surface area contributed by atoms with Crippen LogP contribution in [0.1, 0.15) is 5.01 Å². The first-order valence-corrected chi connectivity index (χ1v) is 6.79. The van der Waals surface area contributed by atoms with Gasteiger partial charge in [0, 0.05) is 17.3 Å². The van der Waals surface area contributed by atoms with Crippen LogP contribution in [0, 0.1) is 0 Å². The van der Waals surface area contributed by atoms with Crippen LogP contribution in [0.3, 0.4) is 0 Å². The van der Waals surface area contributed by atoms with Gasteiger partial charge in [0.2, 0.25) is 0 Å². The molecule has 0 spiro atoms. The Morgan fingerprint density at radius 2 is 2.16 bits per heavy atom. The Morgan fingerprint density at radius 3 is 2.74 bits per heavy atom. The number of benzene rings is 1. The van der Waals surface area contributed by atoms with E-state index in [-0.39, 0.29) is 10.2 Å². The van der Waals surface area contributed by atoms with Crippen LogP contribution >= 0.6 is 27.3 Å². The maximum atomic E-state index is 12.1. The van der Waals surface area contributed by atoms with Gasteiger partial charge in [0.15, 0.2) is 0 Å². The van der Waals surface area contributed by atoms with Crippen molar-refractivity contribution in [3.63, 3.8) is 0 Å². The number of rotatable bonds is 4. The average molecular weight is 353 g/mol. The van der Waals surface area contributed by atoms with Crippen molar-refractivity contribution < 1.29 is 17.9 Å². The minimum atomic E-state index is -4.70. The number of hydrogen-bond acceptors (Lipinski definition) is 4. The summed E-state index contributed by atoms with van der Waals surface area (Å²) in [7, 11) is 0. The highest BCUT2D eigenvalue weighted by atomic mass is 79.9. The number of thiazole rings is 1. The fraction of sp³-hybridized carbons (Fsp3) is 0.182. The number of nitrogens with zero attached hydrogens (tertiary/aromatic N) is 1. The summed E-state index contributed by atoms with van der Waals surface area (Å²) >= 11 is 4.54. The van der Waals surface area contributed by atoms with Crippen LogP contribution in [-0.4, -0.2) is 11.3 Å². The molecule has 0 aliphatic rings. The molecule has 3 nitrogen and oxygen atoms in total. The SMILES string of the molecule is FC(F)(F)Oc1ccc(NCc2nccs2)cc1Br. The van der Waals surface area contributed by atoms with Crippen LogP contribution in [0.2, 0.25) is 0 Å². The van der Waals surface area contributed by atoms with Crippen molar-refractivity contribution in [2.45, 2.75) is 12.9 Å². The molecular weight excluding hydrogens is 345 g/mol. The van der Waals surface area contributed by atoms with E-state index in [9.17, 15) is 13.2 Å². The molecule has 0 aliphatic heterocycles. The molecule has 19 heavy (non-hydrogen) atoms. The molecule has 0 radical (unpaired) electrons. The van der Waals surface area contributed by atoms with Crippen LogP contribution in [0.4, 0.5) is 18.9 Å². The molecular formula is C11H8BrF3N2OS. The molecule has 0 aliphatic carbocycles. The van der Waals surface area contributed by atoms with Gasteiger partial charge in [-0.2, -0.15) is 0 Å². The molecule has 1 N–H and O–H groups in total. The van der Waals surface area contributed by atoms with E-state index >= 15 is 0 Å². The molecule has 1 aromatic carbocycles. The Kier molecular flexibility index (Phi) is 4.31. The lowest BCUT2D eigenvalue weighted by molar-refractivity contribution is -0.274. The fourth-order valence-corrected chi connectivity index (χ4v) is 2.35. The Labute approximate surface area is 119 Å². The van der Waals surface area contributed by atoms with Gasteiger partial charge in [-0.15, -0.1) is 24.5 Å². The van der Waals surface area contributed by atoms with Gasteiger partial charge >= 0.3 is 6.36 Å². The molecule has 0 unspecified atom stereocenters. The Bertz CT molecular complexity index is 545. The molecule has 2 rings (SSSR count). The van der Waals surface area contributed by atoms with Gasteiger partial charge in [-0.1, -0.05) is 0 Å². The molecule has 0 atom stereocenters. The maximum absolute atomic E-state index is 12.1. The topological polar surface area (TPSA) is 34.1 Å². The van der Waals surface area contributed by atoms with Gasteiger partial charge in [0.05, 0.1) is 11.0 Å². The van der Waals surface area contributed by atoms with Gasteiger partial charge in [-0.05, 0) is 34.1 Å². The van der Waals surface area contributed by atoms with E-state index in [1.165, 1.54) is 29.5 Å². The van der Waals surface area contributed by atoms with Crippen LogP contribution in [0.25, 0.3) is 0 Å². The third kappa shape index (κ3) is 4.39. The van der Waals surface area contributed by atoms with E-state index in [0.29, 0.717) is 12.2 Å². The minimum Gasteiger partial charge on any atom is -0.405 e. The van der Waals surface area contributed by atoms with Crippen LogP contribution in [0.5, 0.6) is 5.75 Å². The number of alkyl halides is 3. The third-order valence-electron chi connectivity index (χ3n) is 2.08. The van der Waals surface area contributed by atoms with Gasteiger partial charge in [-0.25, -0.2) is 4.98 Å². The molecule has 1 heterocycles. The molecule has 0 bridgehead atoms. The number of halogens is 4. The van der Waals surface area contributed by atoms with E-state index in [1.807, 2.05) is 5.38 Å². The largest absolute Gasteiger partial charge is 0.573 e. The molecule has 0 saturated carbocycles. The Hall–Kier alpha value is -1.28. The van der Waals surface area contributed by atoms with E-state index in [0.717, 1.165) is 5.01 Å². The number of hydrogen-bond donors (Lipinski definition) is 1. The second-order valence-electron chi connectivity index (χ2n) is 3.47. The van der Waals surface area contributed by atoms with Crippen molar-refractivity contribution in [1.82, 2.24) is 4.98 Å². The van der Waals surface area contributed by atoms with E-state index in [2.05, 4.69) is 31.0 Å². The smallest absolute Gasteiger partial charge is 0.405 e. The van der Waals surface area contributed by atoms with Gasteiger partial charge in [0.25, 0.3) is 0 Å². The first kappa shape index (κ1) is 14.1. The minimum absolute atomic E-state index is 0.231. The summed E-state index contributed by atoms with van der Waals surface area (Å²) in [6, 6.07) is 4.29. The zero-order chi connectivity index (χ0) is 13.9. The molecule has 1 aromatic heterocycles. The summed E-state index contributed by atoms with van der Waals surface area (Å²) in [6.45, 7) is 0.517. The number of ether oxygens (including phenoxy) is 1. The fourth-order valence-electron chi connectivity index (χ4n) is 1.34. The standard InChI is InChI=1S/C11H8BrF3N2OS/c12-8-5-7(17-6-10-16-3-4-19-10)1-2-9(8)18-11(13,14)15/h1-5,17H,6H2. The quantitative estimate of drug-likeness (QED) is 0.884. The number of nitrogens with one attached hydrogen (secondary N) is 1. The van der Waals surface area contributed by atoms with Crippen LogP contribution in [0.15, 0.2) is 34.2 Å². The van der Waals surface area contributed by atoms with Crippen molar-refractivity contribution >= 4 is 33.0 Å². The normalized spacial score (nSPS) is 11.4. The molecule has 0 saturated heterocycles. The molecule has 102 valence electrons. The van der Waals surface area contributed by atoms with Gasteiger partial charge in [0.1, 0.15) is 10.8 Å². The molecule has 8 heteroatoms. The van der Waals surface area contributed by atoms with Crippen LogP contribution < -0.4 is 10.1 Å². The first-order valence-electron chi connectivity index (χ1n) is 5.11. The predicted molar refractivity (Wildman–Crippen MR) is 70.3 cm³/mol. The van der Waals surface area contributed by atoms with Crippen molar-refractivity contribution in [1.29, 1.82) is 0 Å². The Balaban J connectivity index is 2.02. The highest BCUT2D eigenvalue weighted by molar-refractivity contribution is 9.10. The lowest BCUT2D eigenvalue weighted by atomic mass is 10.3. The van der Waals surface area contributed by atoms with Crippen molar-refractivity contribution in [2.24, 2.45) is 0 Å². The van der Waals surface area contributed by atoms with Crippen molar-refractivity contribution in [2.75, 3.05) is 5.32 Å². The second kappa shape index (κ2) is 5.79. The second-order valence-corrected chi connectivity index (χ2v) is 5.31. The Morgan fingerprint density at radius 1 is 1.37 bits per heavy atom. The summed E-state index contributed by atoms with van der Waals surface area (Å²) in [4.78, 5) is 4.09. The predicted octanol–water partition coefficient (Wildman–Crippen LogP) is 4.42. The lowest BCUT2D eigenvalue weighted by Crippen LogP contribution is -2.17. The summed E-state index contributed by atoms with van der Waals surface area (Å²) < 4.78 is 40.4. The summed E-state index contributed by atoms with van der Waals surface area (Å²) in [5.74, 6) is -0.271. The number of aromatic nitrogens is 1.